The Morgan fingerprint density at radius 1 is 1.53 bits per heavy atom. The van der Waals surface area contributed by atoms with Gasteiger partial charge in [0.05, 0.1) is 0 Å². The molecule has 1 aliphatic rings. The van der Waals surface area contributed by atoms with Gasteiger partial charge in [0.1, 0.15) is 4.90 Å². The van der Waals surface area contributed by atoms with Crippen molar-refractivity contribution in [2.24, 2.45) is 11.7 Å². The SMILES string of the molecule is CN(C(CN)C1CC1)S(=O)(=O)c1cncc(Br)c1.Cl. The van der Waals surface area contributed by atoms with E-state index in [-0.39, 0.29) is 23.3 Å². The van der Waals surface area contributed by atoms with Crippen LogP contribution in [-0.4, -0.2) is 37.3 Å². The smallest absolute Gasteiger partial charge is 0.244 e. The Balaban J connectivity index is 0.00000180. The Kier molecular flexibility index (Phi) is 5.76. The summed E-state index contributed by atoms with van der Waals surface area (Å²) in [6.45, 7) is 0.349. The molecule has 0 spiro atoms. The van der Waals surface area contributed by atoms with Crippen LogP contribution in [0.5, 0.6) is 0 Å². The molecule has 5 nitrogen and oxygen atoms in total. The first-order valence-electron chi connectivity index (χ1n) is 5.75. The van der Waals surface area contributed by atoms with Gasteiger partial charge in [-0.15, -0.1) is 12.4 Å². The van der Waals surface area contributed by atoms with Crippen molar-refractivity contribution < 1.29 is 8.42 Å². The minimum absolute atomic E-state index is 0. The fraction of sp³-hybridized carbons (Fsp3) is 0.545. The van der Waals surface area contributed by atoms with Crippen LogP contribution in [-0.2, 0) is 10.0 Å². The maximum Gasteiger partial charge on any atom is 0.244 e. The third-order valence-electron chi connectivity index (χ3n) is 3.23. The first-order valence-corrected chi connectivity index (χ1v) is 7.98. The molecule has 1 fully saturated rings. The summed E-state index contributed by atoms with van der Waals surface area (Å²) < 4.78 is 26.9. The van der Waals surface area contributed by atoms with Gasteiger partial charge in [0.25, 0.3) is 0 Å². The molecular weight excluding hydrogens is 354 g/mol. The largest absolute Gasteiger partial charge is 0.329 e. The van der Waals surface area contributed by atoms with Crippen molar-refractivity contribution in [3.63, 3.8) is 0 Å². The number of hydrogen-bond donors (Lipinski definition) is 1. The fourth-order valence-electron chi connectivity index (χ4n) is 2.00. The van der Waals surface area contributed by atoms with Crippen molar-refractivity contribution >= 4 is 38.4 Å². The van der Waals surface area contributed by atoms with Gasteiger partial charge >= 0.3 is 0 Å². The average molecular weight is 371 g/mol. The Labute approximate surface area is 128 Å². The molecule has 2 N–H and O–H groups in total. The van der Waals surface area contributed by atoms with E-state index in [1.165, 1.54) is 10.5 Å². The molecule has 1 unspecified atom stereocenters. The summed E-state index contributed by atoms with van der Waals surface area (Å²) in [7, 11) is -1.93. The predicted octanol–water partition coefficient (Wildman–Crippen LogP) is 1.62. The van der Waals surface area contributed by atoms with Gasteiger partial charge in [0, 0.05) is 36.5 Å². The standard InChI is InChI=1S/C11H16BrN3O2S.ClH/c1-15(11(5-13)8-2-3-8)18(16,17)10-4-9(12)6-14-7-10;/h4,6-8,11H,2-3,5,13H2,1H3;1H. The number of rotatable bonds is 5. The predicted molar refractivity (Wildman–Crippen MR) is 79.7 cm³/mol. The molecule has 1 aromatic heterocycles. The second-order valence-electron chi connectivity index (χ2n) is 4.50. The average Bonchev–Trinajstić information content (AvgIpc) is 3.14. The van der Waals surface area contributed by atoms with Crippen LogP contribution in [0.3, 0.4) is 0 Å². The molecule has 1 saturated carbocycles. The number of nitrogens with zero attached hydrogens (tertiary/aromatic N) is 2. The zero-order chi connectivity index (χ0) is 13.3. The van der Waals surface area contributed by atoms with Crippen molar-refractivity contribution in [2.75, 3.05) is 13.6 Å². The van der Waals surface area contributed by atoms with Crippen LogP contribution in [0.2, 0.25) is 0 Å². The van der Waals surface area contributed by atoms with Gasteiger partial charge in [-0.05, 0) is 40.8 Å². The lowest BCUT2D eigenvalue weighted by Gasteiger charge is -2.26. The van der Waals surface area contributed by atoms with Crippen LogP contribution in [0, 0.1) is 5.92 Å². The van der Waals surface area contributed by atoms with E-state index < -0.39 is 10.0 Å². The third kappa shape index (κ3) is 3.66. The van der Waals surface area contributed by atoms with E-state index in [1.807, 2.05) is 0 Å². The van der Waals surface area contributed by atoms with Crippen LogP contribution in [0.15, 0.2) is 27.8 Å². The van der Waals surface area contributed by atoms with E-state index in [0.29, 0.717) is 16.9 Å². The molecule has 1 aliphatic carbocycles. The Bertz CT molecular complexity index is 536. The normalized spacial score (nSPS) is 17.1. The van der Waals surface area contributed by atoms with Crippen molar-refractivity contribution in [3.8, 4) is 0 Å². The molecule has 2 rings (SSSR count). The molecule has 1 aromatic rings. The molecular formula is C11H17BrClN3O2S. The molecule has 1 atom stereocenters. The van der Waals surface area contributed by atoms with E-state index in [0.717, 1.165) is 12.8 Å². The maximum absolute atomic E-state index is 12.4. The summed E-state index contributed by atoms with van der Waals surface area (Å²) in [5, 5.41) is 0. The van der Waals surface area contributed by atoms with Gasteiger partial charge in [-0.2, -0.15) is 4.31 Å². The molecule has 19 heavy (non-hydrogen) atoms. The number of nitrogens with two attached hydrogens (primary N) is 1. The molecule has 0 aromatic carbocycles. The highest BCUT2D eigenvalue weighted by Crippen LogP contribution is 2.36. The van der Waals surface area contributed by atoms with Gasteiger partial charge in [0.15, 0.2) is 0 Å². The maximum atomic E-state index is 12.4. The molecule has 108 valence electrons. The lowest BCUT2D eigenvalue weighted by atomic mass is 10.2. The topological polar surface area (TPSA) is 76.3 Å². The molecule has 0 bridgehead atoms. The van der Waals surface area contributed by atoms with Crippen LogP contribution < -0.4 is 5.73 Å². The number of sulfonamides is 1. The van der Waals surface area contributed by atoms with E-state index in [9.17, 15) is 8.42 Å². The number of hydrogen-bond acceptors (Lipinski definition) is 4. The van der Waals surface area contributed by atoms with E-state index in [4.69, 9.17) is 5.73 Å². The summed E-state index contributed by atoms with van der Waals surface area (Å²) in [5.41, 5.74) is 5.69. The second kappa shape index (κ2) is 6.49. The summed E-state index contributed by atoms with van der Waals surface area (Å²) in [6, 6.07) is 1.44. The van der Waals surface area contributed by atoms with E-state index in [2.05, 4.69) is 20.9 Å². The highest BCUT2D eigenvalue weighted by Gasteiger charge is 2.38. The van der Waals surface area contributed by atoms with Gasteiger partial charge in [-0.3, -0.25) is 4.98 Å². The first kappa shape index (κ1) is 16.8. The van der Waals surface area contributed by atoms with Gasteiger partial charge in [0.2, 0.25) is 10.0 Å². The number of likely N-dealkylation sites (N-methyl/N-ethyl adjacent to an activating group) is 1. The number of pyridine rings is 1. The lowest BCUT2D eigenvalue weighted by molar-refractivity contribution is 0.340. The van der Waals surface area contributed by atoms with Crippen LogP contribution in [0.4, 0.5) is 0 Å². The third-order valence-corrected chi connectivity index (χ3v) is 5.51. The summed E-state index contributed by atoms with van der Waals surface area (Å²) in [5.74, 6) is 0.398. The van der Waals surface area contributed by atoms with Gasteiger partial charge in [-0.25, -0.2) is 8.42 Å². The summed E-state index contributed by atoms with van der Waals surface area (Å²) in [4.78, 5) is 4.09. The zero-order valence-corrected chi connectivity index (χ0v) is 13.7. The van der Waals surface area contributed by atoms with E-state index in [1.54, 1.807) is 19.3 Å². The van der Waals surface area contributed by atoms with E-state index >= 15 is 0 Å². The highest BCUT2D eigenvalue weighted by molar-refractivity contribution is 9.10. The molecule has 1 heterocycles. The Morgan fingerprint density at radius 2 is 2.16 bits per heavy atom. The minimum Gasteiger partial charge on any atom is -0.329 e. The molecule has 8 heteroatoms. The quantitative estimate of drug-likeness (QED) is 0.854. The van der Waals surface area contributed by atoms with Crippen molar-refractivity contribution in [2.45, 2.75) is 23.8 Å². The van der Waals surface area contributed by atoms with Crippen LogP contribution in [0.1, 0.15) is 12.8 Å². The molecule has 0 aliphatic heterocycles. The summed E-state index contributed by atoms with van der Waals surface area (Å²) in [6.07, 6.45) is 5.02. The monoisotopic (exact) mass is 369 g/mol. The molecule has 0 saturated heterocycles. The number of halogens is 2. The first-order chi connectivity index (χ1) is 8.46. The zero-order valence-electron chi connectivity index (χ0n) is 10.5. The van der Waals surface area contributed by atoms with Crippen molar-refractivity contribution in [1.29, 1.82) is 0 Å². The minimum atomic E-state index is -3.52. The Morgan fingerprint density at radius 3 is 2.63 bits per heavy atom. The van der Waals surface area contributed by atoms with Crippen molar-refractivity contribution in [3.05, 3.63) is 22.9 Å². The fourth-order valence-corrected chi connectivity index (χ4v) is 3.93. The summed E-state index contributed by atoms with van der Waals surface area (Å²) >= 11 is 3.23. The molecule has 0 amide bonds. The second-order valence-corrected chi connectivity index (χ2v) is 7.41. The Hall–Kier alpha value is -0.210. The van der Waals surface area contributed by atoms with Gasteiger partial charge in [-0.1, -0.05) is 0 Å². The van der Waals surface area contributed by atoms with Crippen molar-refractivity contribution in [1.82, 2.24) is 9.29 Å². The molecule has 0 radical (unpaired) electrons. The van der Waals surface area contributed by atoms with Gasteiger partial charge < -0.3 is 5.73 Å². The lowest BCUT2D eigenvalue weighted by Crippen LogP contribution is -2.43. The van der Waals surface area contributed by atoms with Crippen LogP contribution >= 0.6 is 28.3 Å². The van der Waals surface area contributed by atoms with Crippen LogP contribution in [0.25, 0.3) is 0 Å². The number of aromatic nitrogens is 1. The highest BCUT2D eigenvalue weighted by atomic mass is 79.9.